The van der Waals surface area contributed by atoms with Crippen LogP contribution in [0.15, 0.2) is 52.3 Å². The number of carbonyl (C=O) groups excluding carboxylic acids is 2. The average Bonchev–Trinajstić information content (AvgIpc) is 3.17. The first-order valence-corrected chi connectivity index (χ1v) is 10.7. The second-order valence-corrected chi connectivity index (χ2v) is 8.76. The molecule has 1 N–H and O–H groups in total. The molecule has 1 aliphatic heterocycles. The van der Waals surface area contributed by atoms with E-state index in [2.05, 4.69) is 10.3 Å². The van der Waals surface area contributed by atoms with Crippen molar-refractivity contribution in [3.8, 4) is 0 Å². The summed E-state index contributed by atoms with van der Waals surface area (Å²) >= 11 is 7.97. The third kappa shape index (κ3) is 5.37. The number of amides is 2. The Labute approximate surface area is 177 Å². The van der Waals surface area contributed by atoms with Gasteiger partial charge in [0.1, 0.15) is 4.32 Å². The third-order valence-electron chi connectivity index (χ3n) is 3.85. The molecule has 8 heteroatoms. The van der Waals surface area contributed by atoms with Crippen LogP contribution >= 0.6 is 35.3 Å². The van der Waals surface area contributed by atoms with E-state index in [4.69, 9.17) is 12.2 Å². The van der Waals surface area contributed by atoms with Crippen molar-refractivity contribution in [3.63, 3.8) is 0 Å². The van der Waals surface area contributed by atoms with E-state index in [1.165, 1.54) is 28.0 Å². The molecule has 2 heterocycles. The average molecular weight is 430 g/mol. The maximum atomic E-state index is 12.7. The maximum absolute atomic E-state index is 12.7. The molecule has 2 amide bonds. The summed E-state index contributed by atoms with van der Waals surface area (Å²) in [6.45, 7) is 4.06. The van der Waals surface area contributed by atoms with E-state index in [1.54, 1.807) is 0 Å². The summed E-state index contributed by atoms with van der Waals surface area (Å²) in [5.74, 6) is -0.346. The molecule has 0 spiro atoms. The van der Waals surface area contributed by atoms with Gasteiger partial charge in [-0.2, -0.15) is 0 Å². The molecule has 1 fully saturated rings. The molecule has 1 aromatic carbocycles. The van der Waals surface area contributed by atoms with Gasteiger partial charge in [0.15, 0.2) is 5.13 Å². The molecule has 1 saturated heterocycles. The SMILES string of the molecule is CC(=C\c1ccccc1)/C=C1/SC(=S)N(CCC(=O)Nc2nc(C)cs2)C1=O. The van der Waals surface area contributed by atoms with Crippen LogP contribution in [0.2, 0.25) is 0 Å². The fourth-order valence-electron chi connectivity index (χ4n) is 2.56. The summed E-state index contributed by atoms with van der Waals surface area (Å²) in [4.78, 5) is 31.0. The van der Waals surface area contributed by atoms with Crippen LogP contribution in [0.1, 0.15) is 24.6 Å². The molecule has 0 atom stereocenters. The largest absolute Gasteiger partial charge is 0.302 e. The zero-order valence-corrected chi connectivity index (χ0v) is 17.9. The van der Waals surface area contributed by atoms with Crippen molar-refractivity contribution in [2.45, 2.75) is 20.3 Å². The molecule has 0 saturated carbocycles. The van der Waals surface area contributed by atoms with Gasteiger partial charge in [0.2, 0.25) is 5.91 Å². The number of carbonyl (C=O) groups is 2. The Hall–Kier alpha value is -2.29. The minimum Gasteiger partial charge on any atom is -0.302 e. The summed E-state index contributed by atoms with van der Waals surface area (Å²) in [6, 6.07) is 9.91. The Morgan fingerprint density at radius 2 is 2.07 bits per heavy atom. The molecular formula is C20H19N3O2S3. The van der Waals surface area contributed by atoms with Crippen LogP contribution in [-0.2, 0) is 9.59 Å². The standard InChI is InChI=1S/C20H19N3O2S3/c1-13(10-15-6-4-3-5-7-15)11-16-18(25)23(20(26)28-16)9-8-17(24)22-19-21-14(2)12-27-19/h3-7,10-12H,8-9H2,1-2H3,(H,21,22,24)/b13-10+,16-11+. The van der Waals surface area contributed by atoms with Gasteiger partial charge in [0.25, 0.3) is 5.91 Å². The van der Waals surface area contributed by atoms with Gasteiger partial charge >= 0.3 is 0 Å². The number of hydrogen-bond acceptors (Lipinski definition) is 6. The molecular weight excluding hydrogens is 410 g/mol. The topological polar surface area (TPSA) is 62.3 Å². The maximum Gasteiger partial charge on any atom is 0.266 e. The first-order chi connectivity index (χ1) is 13.4. The van der Waals surface area contributed by atoms with Gasteiger partial charge in [-0.15, -0.1) is 11.3 Å². The Morgan fingerprint density at radius 1 is 1.32 bits per heavy atom. The van der Waals surface area contributed by atoms with E-state index in [9.17, 15) is 9.59 Å². The van der Waals surface area contributed by atoms with Crippen LogP contribution in [0.4, 0.5) is 5.13 Å². The predicted octanol–water partition coefficient (Wildman–Crippen LogP) is 4.63. The van der Waals surface area contributed by atoms with Crippen molar-refractivity contribution in [2.24, 2.45) is 0 Å². The van der Waals surface area contributed by atoms with Crippen molar-refractivity contribution < 1.29 is 9.59 Å². The van der Waals surface area contributed by atoms with Crippen LogP contribution in [0, 0.1) is 6.92 Å². The van der Waals surface area contributed by atoms with Gasteiger partial charge in [-0.05, 0) is 31.1 Å². The van der Waals surface area contributed by atoms with Crippen LogP contribution in [-0.4, -0.2) is 32.6 Å². The fraction of sp³-hybridized carbons (Fsp3) is 0.200. The second kappa shape index (κ2) is 9.27. The molecule has 1 aliphatic rings. The quantitative estimate of drug-likeness (QED) is 0.536. The van der Waals surface area contributed by atoms with Gasteiger partial charge in [-0.25, -0.2) is 4.98 Å². The fourth-order valence-corrected chi connectivity index (χ4v) is 4.62. The number of nitrogens with zero attached hydrogens (tertiary/aromatic N) is 2. The minimum absolute atomic E-state index is 0.159. The highest BCUT2D eigenvalue weighted by Crippen LogP contribution is 2.32. The highest BCUT2D eigenvalue weighted by Gasteiger charge is 2.32. The van der Waals surface area contributed by atoms with Gasteiger partial charge < -0.3 is 5.32 Å². The summed E-state index contributed by atoms with van der Waals surface area (Å²) in [5, 5.41) is 5.18. The van der Waals surface area contributed by atoms with Gasteiger partial charge in [-0.3, -0.25) is 14.5 Å². The molecule has 0 unspecified atom stereocenters. The number of hydrogen-bond donors (Lipinski definition) is 1. The van der Waals surface area contributed by atoms with Crippen LogP contribution < -0.4 is 5.32 Å². The zero-order chi connectivity index (χ0) is 20.1. The highest BCUT2D eigenvalue weighted by atomic mass is 32.2. The number of thiazole rings is 1. The van der Waals surface area contributed by atoms with E-state index in [-0.39, 0.29) is 24.8 Å². The highest BCUT2D eigenvalue weighted by molar-refractivity contribution is 8.26. The molecule has 1 aromatic heterocycles. The van der Waals surface area contributed by atoms with E-state index < -0.39 is 0 Å². The number of thiocarbonyl (C=S) groups is 1. The number of aromatic nitrogens is 1. The summed E-state index contributed by atoms with van der Waals surface area (Å²) in [5.41, 5.74) is 2.89. The predicted molar refractivity (Wildman–Crippen MR) is 120 cm³/mol. The van der Waals surface area contributed by atoms with Crippen LogP contribution in [0.25, 0.3) is 6.08 Å². The first kappa shape index (κ1) is 20.4. The lowest BCUT2D eigenvalue weighted by atomic mass is 10.1. The van der Waals surface area contributed by atoms with Crippen molar-refractivity contribution in [3.05, 3.63) is 63.5 Å². The Balaban J connectivity index is 1.60. The van der Waals surface area contributed by atoms with Crippen LogP contribution in [0.3, 0.4) is 0 Å². The number of thioether (sulfide) groups is 1. The molecule has 0 aliphatic carbocycles. The van der Waals surface area contributed by atoms with E-state index in [0.29, 0.717) is 14.4 Å². The lowest BCUT2D eigenvalue weighted by Crippen LogP contribution is -2.31. The first-order valence-electron chi connectivity index (χ1n) is 8.63. The van der Waals surface area contributed by atoms with Crippen LogP contribution in [0.5, 0.6) is 0 Å². The second-order valence-electron chi connectivity index (χ2n) is 6.22. The normalized spacial score (nSPS) is 16.1. The monoisotopic (exact) mass is 429 g/mol. The number of nitrogens with one attached hydrogen (secondary N) is 1. The minimum atomic E-state index is -0.187. The number of allylic oxidation sites excluding steroid dienone is 2. The molecule has 3 rings (SSSR count). The number of benzene rings is 1. The van der Waals surface area contributed by atoms with Gasteiger partial charge in [0.05, 0.1) is 10.6 Å². The molecule has 28 heavy (non-hydrogen) atoms. The molecule has 144 valence electrons. The number of aryl methyl sites for hydroxylation is 1. The summed E-state index contributed by atoms with van der Waals surface area (Å²) in [7, 11) is 0. The lowest BCUT2D eigenvalue weighted by Gasteiger charge is -2.13. The van der Waals surface area contributed by atoms with Gasteiger partial charge in [-0.1, -0.05) is 60.4 Å². The molecule has 0 radical (unpaired) electrons. The molecule has 2 aromatic rings. The smallest absolute Gasteiger partial charge is 0.266 e. The Morgan fingerprint density at radius 3 is 2.75 bits per heavy atom. The van der Waals surface area contributed by atoms with Gasteiger partial charge in [0, 0.05) is 18.3 Å². The lowest BCUT2D eigenvalue weighted by molar-refractivity contribution is -0.122. The summed E-state index contributed by atoms with van der Waals surface area (Å²) < 4.78 is 0.474. The van der Waals surface area contributed by atoms with E-state index in [0.717, 1.165) is 16.8 Å². The van der Waals surface area contributed by atoms with Crippen molar-refractivity contribution in [1.82, 2.24) is 9.88 Å². The molecule has 5 nitrogen and oxygen atoms in total. The number of anilines is 1. The number of rotatable bonds is 6. The van der Waals surface area contributed by atoms with E-state index >= 15 is 0 Å². The zero-order valence-electron chi connectivity index (χ0n) is 15.5. The Bertz CT molecular complexity index is 964. The van der Waals surface area contributed by atoms with Crippen molar-refractivity contribution >= 4 is 62.7 Å². The third-order valence-corrected chi connectivity index (χ3v) is 6.11. The van der Waals surface area contributed by atoms with Crippen molar-refractivity contribution in [2.75, 3.05) is 11.9 Å². The summed E-state index contributed by atoms with van der Waals surface area (Å²) in [6.07, 6.45) is 4.01. The molecule has 0 bridgehead atoms. The van der Waals surface area contributed by atoms with Crippen molar-refractivity contribution in [1.29, 1.82) is 0 Å². The van der Waals surface area contributed by atoms with E-state index in [1.807, 2.05) is 61.7 Å². The Kier molecular flexibility index (Phi) is 6.77.